The smallest absolute Gasteiger partial charge is 0.101 e. The van der Waals surface area contributed by atoms with Gasteiger partial charge < -0.3 is 4.57 Å². The number of nitrogens with zero attached hydrogens (tertiary/aromatic N) is 3. The lowest BCUT2D eigenvalue weighted by atomic mass is 10.1. The second-order valence-corrected chi connectivity index (χ2v) is 4.75. The largest absolute Gasteiger partial charge is 0.343 e. The van der Waals surface area contributed by atoms with E-state index in [1.807, 2.05) is 25.3 Å². The number of pyridine rings is 1. The number of hydrogen-bond donors (Lipinski definition) is 0. The molecule has 3 nitrogen and oxygen atoms in total. The normalized spacial score (nSPS) is 14.0. The summed E-state index contributed by atoms with van der Waals surface area (Å²) in [6.07, 6.45) is 5.20. The summed E-state index contributed by atoms with van der Waals surface area (Å²) in [6, 6.07) is 8.38. The van der Waals surface area contributed by atoms with Crippen LogP contribution in [0.4, 0.5) is 0 Å². The third kappa shape index (κ3) is 1.62. The van der Waals surface area contributed by atoms with Gasteiger partial charge in [0.25, 0.3) is 0 Å². The van der Waals surface area contributed by atoms with Gasteiger partial charge in [0.05, 0.1) is 11.3 Å². The summed E-state index contributed by atoms with van der Waals surface area (Å²) in [7, 11) is 0. The Hall–Kier alpha value is -2.08. The number of aryl methyl sites for hydroxylation is 1. The first-order valence-electron chi connectivity index (χ1n) is 6.36. The molecule has 2 aromatic rings. The monoisotopic (exact) mass is 237 g/mol. The second-order valence-electron chi connectivity index (χ2n) is 4.75. The summed E-state index contributed by atoms with van der Waals surface area (Å²) < 4.78 is 2.30. The molecule has 0 N–H and O–H groups in total. The SMILES string of the molecule is Cc1ncccc1-c1cc(C#N)c2n1CCCC2. The van der Waals surface area contributed by atoms with Gasteiger partial charge in [-0.05, 0) is 44.4 Å². The van der Waals surface area contributed by atoms with Crippen molar-refractivity contribution >= 4 is 0 Å². The summed E-state index contributed by atoms with van der Waals surface area (Å²) in [5.41, 5.74) is 5.33. The maximum absolute atomic E-state index is 9.24. The zero-order valence-corrected chi connectivity index (χ0v) is 10.5. The predicted molar refractivity (Wildman–Crippen MR) is 70.1 cm³/mol. The average molecular weight is 237 g/mol. The number of nitriles is 1. The number of hydrogen-bond acceptors (Lipinski definition) is 2. The van der Waals surface area contributed by atoms with E-state index in [1.165, 1.54) is 18.5 Å². The Morgan fingerprint density at radius 1 is 1.39 bits per heavy atom. The molecule has 2 aromatic heterocycles. The molecule has 3 heteroatoms. The van der Waals surface area contributed by atoms with E-state index in [0.717, 1.165) is 35.5 Å². The molecule has 18 heavy (non-hydrogen) atoms. The third-order valence-corrected chi connectivity index (χ3v) is 3.66. The fourth-order valence-electron chi connectivity index (χ4n) is 2.75. The minimum Gasteiger partial charge on any atom is -0.343 e. The third-order valence-electron chi connectivity index (χ3n) is 3.66. The van der Waals surface area contributed by atoms with Gasteiger partial charge >= 0.3 is 0 Å². The molecule has 3 heterocycles. The molecule has 1 aliphatic rings. The van der Waals surface area contributed by atoms with Crippen LogP contribution in [-0.4, -0.2) is 9.55 Å². The van der Waals surface area contributed by atoms with E-state index in [-0.39, 0.29) is 0 Å². The zero-order valence-electron chi connectivity index (χ0n) is 10.5. The Balaban J connectivity index is 2.22. The standard InChI is InChI=1S/C15H15N3/c1-11-13(5-4-7-17-11)15-9-12(10-16)14-6-2-3-8-18(14)15/h4-5,7,9H,2-3,6,8H2,1H3. The highest BCUT2D eigenvalue weighted by Gasteiger charge is 2.19. The number of rotatable bonds is 1. The van der Waals surface area contributed by atoms with Crippen molar-refractivity contribution in [1.29, 1.82) is 5.26 Å². The first kappa shape index (κ1) is 11.0. The van der Waals surface area contributed by atoms with Crippen LogP contribution in [0.2, 0.25) is 0 Å². The Morgan fingerprint density at radius 2 is 2.28 bits per heavy atom. The van der Waals surface area contributed by atoms with Crippen LogP contribution >= 0.6 is 0 Å². The number of fused-ring (bicyclic) bond motifs is 1. The highest BCUT2D eigenvalue weighted by molar-refractivity contribution is 5.66. The summed E-state index contributed by atoms with van der Waals surface area (Å²) in [5, 5.41) is 9.24. The summed E-state index contributed by atoms with van der Waals surface area (Å²) in [6.45, 7) is 3.03. The first-order valence-corrected chi connectivity index (χ1v) is 6.36. The van der Waals surface area contributed by atoms with Crippen LogP contribution in [0.25, 0.3) is 11.3 Å². The van der Waals surface area contributed by atoms with Crippen molar-refractivity contribution in [3.05, 3.63) is 41.3 Å². The van der Waals surface area contributed by atoms with Gasteiger partial charge in [-0.25, -0.2) is 0 Å². The van der Waals surface area contributed by atoms with Crippen molar-refractivity contribution in [3.8, 4) is 17.3 Å². The van der Waals surface area contributed by atoms with E-state index < -0.39 is 0 Å². The molecule has 0 spiro atoms. The van der Waals surface area contributed by atoms with E-state index in [1.54, 1.807) is 0 Å². The molecule has 90 valence electrons. The maximum Gasteiger partial charge on any atom is 0.101 e. The molecule has 0 bridgehead atoms. The fourth-order valence-corrected chi connectivity index (χ4v) is 2.75. The lowest BCUT2D eigenvalue weighted by Gasteiger charge is -2.18. The fraction of sp³-hybridized carbons (Fsp3) is 0.333. The summed E-state index contributed by atoms with van der Waals surface area (Å²) in [4.78, 5) is 4.34. The van der Waals surface area contributed by atoms with Crippen molar-refractivity contribution < 1.29 is 0 Å². The molecule has 0 amide bonds. The molecule has 0 radical (unpaired) electrons. The minimum atomic E-state index is 0.827. The van der Waals surface area contributed by atoms with Gasteiger partial charge in [0.2, 0.25) is 0 Å². The van der Waals surface area contributed by atoms with E-state index in [4.69, 9.17) is 0 Å². The van der Waals surface area contributed by atoms with Crippen LogP contribution < -0.4 is 0 Å². The average Bonchev–Trinajstić information content (AvgIpc) is 2.78. The molecule has 0 aromatic carbocycles. The summed E-state index contributed by atoms with van der Waals surface area (Å²) in [5.74, 6) is 0. The lowest BCUT2D eigenvalue weighted by Crippen LogP contribution is -2.11. The van der Waals surface area contributed by atoms with Gasteiger partial charge in [-0.15, -0.1) is 0 Å². The minimum absolute atomic E-state index is 0.827. The van der Waals surface area contributed by atoms with Crippen molar-refractivity contribution in [2.24, 2.45) is 0 Å². The van der Waals surface area contributed by atoms with Gasteiger partial charge in [-0.1, -0.05) is 0 Å². The Bertz CT molecular complexity index is 632. The highest BCUT2D eigenvalue weighted by atomic mass is 15.0. The molecule has 0 saturated carbocycles. The van der Waals surface area contributed by atoms with E-state index in [0.29, 0.717) is 0 Å². The molecular weight excluding hydrogens is 222 g/mol. The molecule has 0 aliphatic carbocycles. The zero-order chi connectivity index (χ0) is 12.5. The quantitative estimate of drug-likeness (QED) is 0.764. The van der Waals surface area contributed by atoms with Gasteiger partial charge in [0.15, 0.2) is 0 Å². The number of aromatic nitrogens is 2. The van der Waals surface area contributed by atoms with Gasteiger partial charge in [-0.2, -0.15) is 5.26 Å². The van der Waals surface area contributed by atoms with Crippen molar-refractivity contribution in [2.75, 3.05) is 0 Å². The van der Waals surface area contributed by atoms with Crippen molar-refractivity contribution in [3.63, 3.8) is 0 Å². The van der Waals surface area contributed by atoms with Crippen LogP contribution in [0.1, 0.15) is 29.8 Å². The van der Waals surface area contributed by atoms with Crippen molar-refractivity contribution in [2.45, 2.75) is 32.7 Å². The molecule has 0 unspecified atom stereocenters. The topological polar surface area (TPSA) is 41.6 Å². The Labute approximate surface area is 107 Å². The van der Waals surface area contributed by atoms with Crippen LogP contribution in [0.15, 0.2) is 24.4 Å². The maximum atomic E-state index is 9.24. The predicted octanol–water partition coefficient (Wildman–Crippen LogP) is 3.07. The molecule has 3 rings (SSSR count). The van der Waals surface area contributed by atoms with Gasteiger partial charge in [0, 0.05) is 29.7 Å². The lowest BCUT2D eigenvalue weighted by molar-refractivity contribution is 0.536. The molecule has 1 aliphatic heterocycles. The van der Waals surface area contributed by atoms with Crippen molar-refractivity contribution in [1.82, 2.24) is 9.55 Å². The Kier molecular flexibility index (Phi) is 2.64. The first-order chi connectivity index (χ1) is 8.81. The molecular formula is C15H15N3. The Morgan fingerprint density at radius 3 is 3.06 bits per heavy atom. The molecule has 0 saturated heterocycles. The molecule has 0 fully saturated rings. The van der Waals surface area contributed by atoms with E-state index in [2.05, 4.69) is 21.7 Å². The van der Waals surface area contributed by atoms with E-state index >= 15 is 0 Å². The van der Waals surface area contributed by atoms with Crippen LogP contribution in [0.3, 0.4) is 0 Å². The molecule has 0 atom stereocenters. The van der Waals surface area contributed by atoms with Gasteiger partial charge in [0.1, 0.15) is 6.07 Å². The van der Waals surface area contributed by atoms with Gasteiger partial charge in [-0.3, -0.25) is 4.98 Å². The highest BCUT2D eigenvalue weighted by Crippen LogP contribution is 2.31. The van der Waals surface area contributed by atoms with Crippen LogP contribution in [0, 0.1) is 18.3 Å². The summed E-state index contributed by atoms with van der Waals surface area (Å²) >= 11 is 0. The van der Waals surface area contributed by atoms with E-state index in [9.17, 15) is 5.26 Å². The van der Waals surface area contributed by atoms with Crippen LogP contribution in [0.5, 0.6) is 0 Å². The second kappa shape index (κ2) is 4.30. The van der Waals surface area contributed by atoms with Crippen LogP contribution in [-0.2, 0) is 13.0 Å².